The Labute approximate surface area is 121 Å². The maximum absolute atomic E-state index is 6.06. The van der Waals surface area contributed by atoms with E-state index < -0.39 is 0 Å². The monoisotopic (exact) mass is 278 g/mol. The van der Waals surface area contributed by atoms with Gasteiger partial charge in [0.15, 0.2) is 0 Å². The van der Waals surface area contributed by atoms with Crippen LogP contribution in [0.15, 0.2) is 18.2 Å². The molecule has 2 rings (SSSR count). The van der Waals surface area contributed by atoms with Gasteiger partial charge < -0.3 is 15.2 Å². The lowest BCUT2D eigenvalue weighted by Gasteiger charge is -2.46. The highest BCUT2D eigenvalue weighted by Gasteiger charge is 2.35. The first kappa shape index (κ1) is 15.3. The fraction of sp³-hybridized carbons (Fsp3) is 0.625. The molecule has 0 amide bonds. The Morgan fingerprint density at radius 3 is 2.75 bits per heavy atom. The molecule has 1 fully saturated rings. The van der Waals surface area contributed by atoms with E-state index >= 15 is 0 Å². The van der Waals surface area contributed by atoms with Gasteiger partial charge in [-0.05, 0) is 38.0 Å². The van der Waals surface area contributed by atoms with Crippen LogP contribution in [0.5, 0.6) is 5.75 Å². The molecule has 1 saturated heterocycles. The van der Waals surface area contributed by atoms with Crippen LogP contribution < -0.4 is 10.5 Å². The maximum Gasteiger partial charge on any atom is 0.121 e. The number of hydrogen-bond acceptors (Lipinski definition) is 4. The summed E-state index contributed by atoms with van der Waals surface area (Å²) in [6.07, 6.45) is 0. The fourth-order valence-corrected chi connectivity index (χ4v) is 3.00. The van der Waals surface area contributed by atoms with E-state index in [1.54, 1.807) is 7.11 Å². The van der Waals surface area contributed by atoms with Crippen molar-refractivity contribution < 1.29 is 9.47 Å². The van der Waals surface area contributed by atoms with Crippen molar-refractivity contribution in [3.8, 4) is 5.75 Å². The zero-order chi connectivity index (χ0) is 14.8. The minimum absolute atomic E-state index is 0.0100. The quantitative estimate of drug-likeness (QED) is 0.916. The summed E-state index contributed by atoms with van der Waals surface area (Å²) in [5, 5.41) is 0. The van der Waals surface area contributed by atoms with Crippen LogP contribution in [-0.4, -0.2) is 43.9 Å². The Hall–Kier alpha value is -1.10. The Morgan fingerprint density at radius 2 is 2.20 bits per heavy atom. The van der Waals surface area contributed by atoms with E-state index in [1.807, 2.05) is 6.07 Å². The van der Waals surface area contributed by atoms with Gasteiger partial charge in [-0.15, -0.1) is 0 Å². The molecule has 1 aliphatic heterocycles. The van der Waals surface area contributed by atoms with Gasteiger partial charge in [0.25, 0.3) is 0 Å². The van der Waals surface area contributed by atoms with E-state index in [9.17, 15) is 0 Å². The van der Waals surface area contributed by atoms with Crippen molar-refractivity contribution in [3.63, 3.8) is 0 Å². The first-order valence-electron chi connectivity index (χ1n) is 7.18. The summed E-state index contributed by atoms with van der Waals surface area (Å²) >= 11 is 0. The second-order valence-electron chi connectivity index (χ2n) is 6.04. The van der Waals surface area contributed by atoms with E-state index in [-0.39, 0.29) is 11.6 Å². The standard InChI is InChI=1S/C16H26N2O2/c1-12-9-13(5-6-15(12)19-4)14(10-17)18-7-8-20-11-16(18,2)3/h5-6,9,14H,7-8,10-11,17H2,1-4H3. The number of methoxy groups -OCH3 is 1. The van der Waals surface area contributed by atoms with E-state index in [2.05, 4.69) is 37.8 Å². The average Bonchev–Trinajstić information content (AvgIpc) is 2.41. The molecule has 1 heterocycles. The van der Waals surface area contributed by atoms with Gasteiger partial charge >= 0.3 is 0 Å². The number of hydrogen-bond donors (Lipinski definition) is 1. The molecule has 1 atom stereocenters. The lowest BCUT2D eigenvalue weighted by molar-refractivity contribution is -0.0712. The van der Waals surface area contributed by atoms with Crippen molar-refractivity contribution >= 4 is 0 Å². The van der Waals surface area contributed by atoms with Gasteiger partial charge in [-0.1, -0.05) is 12.1 Å². The van der Waals surface area contributed by atoms with Crippen LogP contribution in [0.1, 0.15) is 31.0 Å². The number of nitrogens with zero attached hydrogens (tertiary/aromatic N) is 1. The molecule has 4 nitrogen and oxygen atoms in total. The van der Waals surface area contributed by atoms with Gasteiger partial charge in [0.2, 0.25) is 0 Å². The summed E-state index contributed by atoms with van der Waals surface area (Å²) < 4.78 is 10.9. The predicted octanol–water partition coefficient (Wildman–Crippen LogP) is 2.11. The van der Waals surface area contributed by atoms with E-state index in [0.29, 0.717) is 6.54 Å². The normalized spacial score (nSPS) is 20.6. The molecular formula is C16H26N2O2. The Morgan fingerprint density at radius 1 is 1.45 bits per heavy atom. The SMILES string of the molecule is COc1ccc(C(CN)N2CCOCC2(C)C)cc1C. The Balaban J connectivity index is 2.29. The summed E-state index contributed by atoms with van der Waals surface area (Å²) in [4.78, 5) is 2.46. The van der Waals surface area contributed by atoms with Crippen LogP contribution in [0.3, 0.4) is 0 Å². The predicted molar refractivity (Wildman–Crippen MR) is 81.1 cm³/mol. The number of benzene rings is 1. The number of morpholine rings is 1. The Kier molecular flexibility index (Phi) is 4.68. The van der Waals surface area contributed by atoms with Crippen LogP contribution in [0, 0.1) is 6.92 Å². The highest BCUT2D eigenvalue weighted by atomic mass is 16.5. The first-order chi connectivity index (χ1) is 9.49. The molecular weight excluding hydrogens is 252 g/mol. The molecule has 0 bridgehead atoms. The second kappa shape index (κ2) is 6.12. The topological polar surface area (TPSA) is 47.7 Å². The van der Waals surface area contributed by atoms with Crippen molar-refractivity contribution in [2.45, 2.75) is 32.4 Å². The zero-order valence-electron chi connectivity index (χ0n) is 13.0. The summed E-state index contributed by atoms with van der Waals surface area (Å²) in [5.74, 6) is 0.922. The molecule has 2 N–H and O–H groups in total. The van der Waals surface area contributed by atoms with Crippen molar-refractivity contribution in [3.05, 3.63) is 29.3 Å². The largest absolute Gasteiger partial charge is 0.496 e. The number of ether oxygens (including phenoxy) is 2. The number of nitrogens with two attached hydrogens (primary N) is 1. The highest BCUT2D eigenvalue weighted by Crippen LogP contribution is 2.32. The zero-order valence-corrected chi connectivity index (χ0v) is 13.0. The minimum Gasteiger partial charge on any atom is -0.496 e. The molecule has 1 unspecified atom stereocenters. The maximum atomic E-state index is 6.06. The molecule has 1 aliphatic rings. The van der Waals surface area contributed by atoms with E-state index in [0.717, 1.165) is 31.1 Å². The molecule has 1 aromatic rings. The van der Waals surface area contributed by atoms with Crippen LogP contribution in [0.25, 0.3) is 0 Å². The first-order valence-corrected chi connectivity index (χ1v) is 7.18. The van der Waals surface area contributed by atoms with Gasteiger partial charge in [0.1, 0.15) is 5.75 Å². The third-order valence-electron chi connectivity index (χ3n) is 4.11. The van der Waals surface area contributed by atoms with Gasteiger partial charge in [0, 0.05) is 24.7 Å². The lowest BCUT2D eigenvalue weighted by Crippen LogP contribution is -2.55. The van der Waals surface area contributed by atoms with Crippen LogP contribution in [0.4, 0.5) is 0 Å². The lowest BCUT2D eigenvalue weighted by atomic mass is 9.95. The smallest absolute Gasteiger partial charge is 0.121 e. The summed E-state index contributed by atoms with van der Waals surface area (Å²) in [6.45, 7) is 9.54. The van der Waals surface area contributed by atoms with Gasteiger partial charge in [-0.2, -0.15) is 0 Å². The molecule has 4 heteroatoms. The van der Waals surface area contributed by atoms with Crippen molar-refractivity contribution in [2.24, 2.45) is 5.73 Å². The van der Waals surface area contributed by atoms with Gasteiger partial charge in [0.05, 0.1) is 20.3 Å². The molecule has 0 radical (unpaired) electrons. The second-order valence-corrected chi connectivity index (χ2v) is 6.04. The molecule has 0 spiro atoms. The summed E-state index contributed by atoms with van der Waals surface area (Å²) in [6, 6.07) is 6.55. The van der Waals surface area contributed by atoms with Crippen molar-refractivity contribution in [1.29, 1.82) is 0 Å². The van der Waals surface area contributed by atoms with Gasteiger partial charge in [-0.3, -0.25) is 4.90 Å². The van der Waals surface area contributed by atoms with Crippen LogP contribution in [-0.2, 0) is 4.74 Å². The van der Waals surface area contributed by atoms with Crippen LogP contribution >= 0.6 is 0 Å². The molecule has 0 aromatic heterocycles. The van der Waals surface area contributed by atoms with Crippen molar-refractivity contribution in [2.75, 3.05) is 33.4 Å². The van der Waals surface area contributed by atoms with Crippen LogP contribution in [0.2, 0.25) is 0 Å². The molecule has 0 aliphatic carbocycles. The molecule has 0 saturated carbocycles. The molecule has 1 aromatic carbocycles. The molecule has 20 heavy (non-hydrogen) atoms. The van der Waals surface area contributed by atoms with Crippen molar-refractivity contribution in [1.82, 2.24) is 4.90 Å². The highest BCUT2D eigenvalue weighted by molar-refractivity contribution is 5.37. The average molecular weight is 278 g/mol. The minimum atomic E-state index is 0.0100. The molecule has 112 valence electrons. The third kappa shape index (κ3) is 2.97. The van der Waals surface area contributed by atoms with Gasteiger partial charge in [-0.25, -0.2) is 0 Å². The number of rotatable bonds is 4. The van der Waals surface area contributed by atoms with E-state index in [1.165, 1.54) is 5.56 Å². The summed E-state index contributed by atoms with van der Waals surface area (Å²) in [5.41, 5.74) is 8.47. The fourth-order valence-electron chi connectivity index (χ4n) is 3.00. The number of aryl methyl sites for hydroxylation is 1. The van der Waals surface area contributed by atoms with E-state index in [4.69, 9.17) is 15.2 Å². The third-order valence-corrected chi connectivity index (χ3v) is 4.11. The summed E-state index contributed by atoms with van der Waals surface area (Å²) in [7, 11) is 1.70. The Bertz CT molecular complexity index is 460.